The van der Waals surface area contributed by atoms with Gasteiger partial charge in [0.15, 0.2) is 0 Å². The molecule has 4 heteroatoms. The van der Waals surface area contributed by atoms with Crippen LogP contribution in [0, 0.1) is 27.7 Å². The van der Waals surface area contributed by atoms with Gasteiger partial charge in [0.2, 0.25) is 0 Å². The van der Waals surface area contributed by atoms with Gasteiger partial charge in [-0.15, -0.1) is 0 Å². The Morgan fingerprint density at radius 1 is 0.171 bits per heavy atom. The van der Waals surface area contributed by atoms with Crippen LogP contribution in [0.15, 0.2) is 303 Å². The molecule has 0 atom stereocenters. The highest BCUT2D eigenvalue weighted by Gasteiger charge is 2.27. The van der Waals surface area contributed by atoms with Crippen LogP contribution in [0.2, 0.25) is 0 Å². The SMILES string of the molecule is Cc1ccc(N(c2ccc(C)cc2)c2c3ccc(-c4ccc(N(c5ccccc5)c5ccccc5)cc4)cc3c(N(c3ccc(C)cc3)c3ccc(C)cc3)c3ccc(-c4ccc(N(c5ccccc5)c5ccccc5)cc4)cc23)cc1. The molecule has 0 aliphatic rings. The Kier molecular flexibility index (Phi) is 13.9. The van der Waals surface area contributed by atoms with E-state index in [9.17, 15) is 0 Å². The number of nitrogens with zero attached hydrogens (tertiary/aromatic N) is 4. The number of hydrogen-bond donors (Lipinski definition) is 0. The fourth-order valence-corrected chi connectivity index (χ4v) is 11.4. The minimum absolute atomic E-state index is 1.08. The van der Waals surface area contributed by atoms with E-state index in [0.717, 1.165) is 112 Å². The summed E-state index contributed by atoms with van der Waals surface area (Å²) in [6, 6.07) is 111. The molecule has 0 N–H and O–H groups in total. The van der Waals surface area contributed by atoms with Crippen molar-refractivity contribution in [2.45, 2.75) is 27.7 Å². The number of fused-ring (bicyclic) bond motifs is 2. The second kappa shape index (κ2) is 22.4. The zero-order chi connectivity index (χ0) is 55.5. The van der Waals surface area contributed by atoms with Crippen molar-refractivity contribution in [3.63, 3.8) is 0 Å². The van der Waals surface area contributed by atoms with Gasteiger partial charge < -0.3 is 19.6 Å². The first-order chi connectivity index (χ1) is 40.3. The number of rotatable bonds is 14. The molecule has 0 aliphatic heterocycles. The highest BCUT2D eigenvalue weighted by molar-refractivity contribution is 6.24. The number of benzene rings is 13. The maximum Gasteiger partial charge on any atom is 0.0620 e. The molecule has 0 radical (unpaired) electrons. The molecule has 0 spiro atoms. The molecule has 394 valence electrons. The molecular weight excluding hydrogens is 993 g/mol. The van der Waals surface area contributed by atoms with Crippen molar-refractivity contribution in [1.82, 2.24) is 0 Å². The molecule has 0 unspecified atom stereocenters. The summed E-state index contributed by atoms with van der Waals surface area (Å²) in [7, 11) is 0. The maximum absolute atomic E-state index is 2.48. The molecule has 82 heavy (non-hydrogen) atoms. The summed E-state index contributed by atoms with van der Waals surface area (Å²) < 4.78 is 0. The largest absolute Gasteiger partial charge is 0.311 e. The topological polar surface area (TPSA) is 13.0 Å². The van der Waals surface area contributed by atoms with E-state index in [4.69, 9.17) is 0 Å². The van der Waals surface area contributed by atoms with E-state index in [1.807, 2.05) is 0 Å². The molecule has 0 aromatic heterocycles. The van der Waals surface area contributed by atoms with Gasteiger partial charge in [-0.05, 0) is 183 Å². The van der Waals surface area contributed by atoms with E-state index < -0.39 is 0 Å². The zero-order valence-electron chi connectivity index (χ0n) is 46.7. The van der Waals surface area contributed by atoms with Crippen LogP contribution in [0.1, 0.15) is 22.3 Å². The Balaban J connectivity index is 1.07. The summed E-state index contributed by atoms with van der Waals surface area (Å²) >= 11 is 0. The maximum atomic E-state index is 2.48. The van der Waals surface area contributed by atoms with Crippen LogP contribution in [0.25, 0.3) is 43.8 Å². The van der Waals surface area contributed by atoms with Crippen molar-refractivity contribution in [3.05, 3.63) is 326 Å². The third-order valence-electron chi connectivity index (χ3n) is 15.7. The van der Waals surface area contributed by atoms with Crippen LogP contribution < -0.4 is 19.6 Å². The second-order valence-electron chi connectivity index (χ2n) is 21.3. The van der Waals surface area contributed by atoms with Crippen LogP contribution in [-0.2, 0) is 0 Å². The van der Waals surface area contributed by atoms with Gasteiger partial charge in [0.1, 0.15) is 0 Å². The Hall–Kier alpha value is -10.4. The summed E-state index contributed by atoms with van der Waals surface area (Å²) in [6.07, 6.45) is 0. The molecule has 0 saturated carbocycles. The van der Waals surface area contributed by atoms with Gasteiger partial charge in [0, 0.05) is 78.4 Å². The number of hydrogen-bond acceptors (Lipinski definition) is 4. The fraction of sp³-hybridized carbons (Fsp3) is 0.0513. The van der Waals surface area contributed by atoms with Crippen LogP contribution in [-0.4, -0.2) is 0 Å². The minimum atomic E-state index is 1.08. The first kappa shape index (κ1) is 51.0. The van der Waals surface area contributed by atoms with Crippen molar-refractivity contribution in [1.29, 1.82) is 0 Å². The van der Waals surface area contributed by atoms with E-state index in [-0.39, 0.29) is 0 Å². The van der Waals surface area contributed by atoms with E-state index >= 15 is 0 Å². The second-order valence-corrected chi connectivity index (χ2v) is 21.3. The van der Waals surface area contributed by atoms with Crippen molar-refractivity contribution in [3.8, 4) is 22.3 Å². The molecule has 13 rings (SSSR count). The van der Waals surface area contributed by atoms with Crippen LogP contribution >= 0.6 is 0 Å². The predicted molar refractivity (Wildman–Crippen MR) is 350 cm³/mol. The molecule has 0 saturated heterocycles. The van der Waals surface area contributed by atoms with E-state index in [2.05, 4.69) is 351 Å². The molecule has 0 heterocycles. The van der Waals surface area contributed by atoms with Crippen LogP contribution in [0.3, 0.4) is 0 Å². The molecule has 13 aromatic rings. The van der Waals surface area contributed by atoms with Gasteiger partial charge in [0.25, 0.3) is 0 Å². The summed E-state index contributed by atoms with van der Waals surface area (Å²) in [5.41, 5.74) is 22.5. The highest BCUT2D eigenvalue weighted by Crippen LogP contribution is 2.53. The van der Waals surface area contributed by atoms with Crippen molar-refractivity contribution >= 4 is 89.8 Å². The lowest BCUT2D eigenvalue weighted by atomic mass is 9.91. The number of para-hydroxylation sites is 4. The van der Waals surface area contributed by atoms with Gasteiger partial charge in [0.05, 0.1) is 11.4 Å². The molecule has 0 amide bonds. The van der Waals surface area contributed by atoms with Gasteiger partial charge in [-0.1, -0.05) is 192 Å². The van der Waals surface area contributed by atoms with Gasteiger partial charge in [-0.2, -0.15) is 0 Å². The van der Waals surface area contributed by atoms with Crippen molar-refractivity contribution in [2.24, 2.45) is 0 Å². The van der Waals surface area contributed by atoms with Crippen LogP contribution in [0.4, 0.5) is 68.2 Å². The van der Waals surface area contributed by atoms with Gasteiger partial charge in [-0.3, -0.25) is 0 Å². The van der Waals surface area contributed by atoms with Crippen LogP contribution in [0.5, 0.6) is 0 Å². The lowest BCUT2D eigenvalue weighted by Crippen LogP contribution is -2.15. The minimum Gasteiger partial charge on any atom is -0.311 e. The molecular formula is C78H62N4. The average molecular weight is 1060 g/mol. The molecule has 0 bridgehead atoms. The molecule has 0 aliphatic carbocycles. The fourth-order valence-electron chi connectivity index (χ4n) is 11.4. The molecule has 4 nitrogen and oxygen atoms in total. The first-order valence-corrected chi connectivity index (χ1v) is 28.2. The molecule has 0 fully saturated rings. The summed E-state index contributed by atoms with van der Waals surface area (Å²) in [6.45, 7) is 8.65. The Morgan fingerprint density at radius 2 is 0.378 bits per heavy atom. The Bertz CT molecular complexity index is 3850. The predicted octanol–water partition coefficient (Wildman–Crippen LogP) is 22.4. The number of anilines is 12. The zero-order valence-corrected chi connectivity index (χ0v) is 46.7. The van der Waals surface area contributed by atoms with Gasteiger partial charge >= 0.3 is 0 Å². The van der Waals surface area contributed by atoms with E-state index in [1.165, 1.54) is 22.3 Å². The summed E-state index contributed by atoms with van der Waals surface area (Å²) in [4.78, 5) is 9.60. The summed E-state index contributed by atoms with van der Waals surface area (Å²) in [5, 5.41) is 4.51. The normalized spacial score (nSPS) is 11.2. The lowest BCUT2D eigenvalue weighted by molar-refractivity contribution is 1.28. The lowest BCUT2D eigenvalue weighted by Gasteiger charge is -2.33. The quantitative estimate of drug-likeness (QED) is 0.0795. The smallest absolute Gasteiger partial charge is 0.0620 e. The Labute approximate surface area is 482 Å². The third-order valence-corrected chi connectivity index (χ3v) is 15.7. The first-order valence-electron chi connectivity index (χ1n) is 28.2. The number of aryl methyl sites for hydroxylation is 4. The third kappa shape index (κ3) is 10.1. The van der Waals surface area contributed by atoms with E-state index in [0.29, 0.717) is 0 Å². The van der Waals surface area contributed by atoms with Gasteiger partial charge in [-0.25, -0.2) is 0 Å². The monoisotopic (exact) mass is 1050 g/mol. The van der Waals surface area contributed by atoms with Crippen molar-refractivity contribution < 1.29 is 0 Å². The average Bonchev–Trinajstić information content (AvgIpc) is 1.54. The molecule has 13 aromatic carbocycles. The standard InChI is InChI=1S/C78H62N4/c1-55-25-39-69(40-26-55)81(70-41-27-56(2)28-42-70)77-73-51-37-62(60-35-49-68(50-36-60)80(65-21-13-7-14-22-65)66-23-15-8-16-24-66)54-76(73)78(82(71-43-29-57(3)30-44-71)72-45-31-58(4)32-46-72)74-52-38-61(53-75(74)77)59-33-47-67(48-34-59)79(63-17-9-5-10-18-63)64-19-11-6-12-20-64/h5-54H,1-4H3. The van der Waals surface area contributed by atoms with Crippen molar-refractivity contribution in [2.75, 3.05) is 19.6 Å². The Morgan fingerprint density at radius 3 is 0.634 bits per heavy atom. The van der Waals surface area contributed by atoms with E-state index in [1.54, 1.807) is 0 Å². The highest BCUT2D eigenvalue weighted by atomic mass is 15.2. The summed E-state index contributed by atoms with van der Waals surface area (Å²) in [5.74, 6) is 0.